The van der Waals surface area contributed by atoms with Crippen molar-refractivity contribution in [1.82, 2.24) is 25.1 Å². The van der Waals surface area contributed by atoms with Crippen LogP contribution in [-0.2, 0) is 0 Å². The smallest absolute Gasteiger partial charge is 0.225 e. The van der Waals surface area contributed by atoms with Crippen LogP contribution in [0.2, 0.25) is 0 Å². The highest BCUT2D eigenvalue weighted by atomic mass is 16.5. The summed E-state index contributed by atoms with van der Waals surface area (Å²) in [4.78, 5) is 12.0. The third-order valence-electron chi connectivity index (χ3n) is 5.92. The number of aryl methyl sites for hydroxylation is 1. The van der Waals surface area contributed by atoms with E-state index in [9.17, 15) is 0 Å². The van der Waals surface area contributed by atoms with E-state index in [0.717, 1.165) is 42.4 Å². The van der Waals surface area contributed by atoms with E-state index in [1.165, 1.54) is 25.9 Å². The number of fused-ring (bicyclic) bond motifs is 1. The molecule has 0 bridgehead atoms. The van der Waals surface area contributed by atoms with Crippen LogP contribution in [0.15, 0.2) is 18.2 Å². The number of nitrogens with one attached hydrogen (secondary N) is 3. The average Bonchev–Trinajstić information content (AvgIpc) is 3.26. The molecule has 0 radical (unpaired) electrons. The minimum absolute atomic E-state index is 0.451. The van der Waals surface area contributed by atoms with Gasteiger partial charge in [0.15, 0.2) is 17.3 Å². The summed E-state index contributed by atoms with van der Waals surface area (Å²) in [6.07, 6.45) is 5.91. The molecular weight excluding hydrogens is 406 g/mol. The lowest BCUT2D eigenvalue weighted by atomic mass is 10.2. The minimum Gasteiger partial charge on any atom is -0.493 e. The normalized spacial score (nSPS) is 16.4. The second-order valence-electron chi connectivity index (χ2n) is 8.65. The summed E-state index contributed by atoms with van der Waals surface area (Å²) in [5.74, 6) is 3.38. The predicted octanol–water partition coefficient (Wildman–Crippen LogP) is 3.85. The molecule has 1 saturated carbocycles. The number of hydrogen-bond donors (Lipinski definition) is 3. The van der Waals surface area contributed by atoms with E-state index in [1.807, 2.05) is 25.1 Å². The second-order valence-corrected chi connectivity index (χ2v) is 8.65. The van der Waals surface area contributed by atoms with Crippen molar-refractivity contribution < 1.29 is 9.47 Å². The number of ether oxygens (including phenoxy) is 2. The fraction of sp³-hybridized carbons (Fsp3) is 0.522. The van der Waals surface area contributed by atoms with Crippen molar-refractivity contribution in [2.45, 2.75) is 45.1 Å². The van der Waals surface area contributed by atoms with Crippen LogP contribution in [-0.4, -0.2) is 64.5 Å². The van der Waals surface area contributed by atoms with Gasteiger partial charge in [-0.05, 0) is 58.2 Å². The number of methoxy groups -OCH3 is 1. The number of hydrogen-bond acceptors (Lipinski definition) is 8. The van der Waals surface area contributed by atoms with Crippen molar-refractivity contribution in [2.24, 2.45) is 0 Å². The summed E-state index contributed by atoms with van der Waals surface area (Å²) in [7, 11) is 1.66. The number of anilines is 3. The van der Waals surface area contributed by atoms with E-state index < -0.39 is 0 Å². The second kappa shape index (κ2) is 9.20. The van der Waals surface area contributed by atoms with E-state index in [0.29, 0.717) is 41.7 Å². The Hall–Kier alpha value is -3.07. The van der Waals surface area contributed by atoms with Crippen LogP contribution in [0, 0.1) is 6.92 Å². The lowest BCUT2D eigenvalue weighted by Gasteiger charge is -2.16. The monoisotopic (exact) mass is 437 g/mol. The highest BCUT2D eigenvalue weighted by molar-refractivity contribution is 5.94. The molecule has 9 nitrogen and oxygen atoms in total. The minimum atomic E-state index is 0.451. The van der Waals surface area contributed by atoms with Gasteiger partial charge in [0.05, 0.1) is 19.2 Å². The van der Waals surface area contributed by atoms with E-state index in [4.69, 9.17) is 19.4 Å². The zero-order valence-electron chi connectivity index (χ0n) is 18.8. The fourth-order valence-corrected chi connectivity index (χ4v) is 4.06. The Labute approximate surface area is 187 Å². The molecule has 1 aliphatic heterocycles. The number of rotatable bonds is 10. The first kappa shape index (κ1) is 20.8. The molecule has 2 aliphatic rings. The van der Waals surface area contributed by atoms with Crippen LogP contribution >= 0.6 is 0 Å². The van der Waals surface area contributed by atoms with Gasteiger partial charge in [-0.2, -0.15) is 10.1 Å². The topological polar surface area (TPSA) is 100 Å². The van der Waals surface area contributed by atoms with Crippen molar-refractivity contribution in [3.05, 3.63) is 23.9 Å². The Morgan fingerprint density at radius 3 is 2.69 bits per heavy atom. The van der Waals surface area contributed by atoms with Gasteiger partial charge >= 0.3 is 0 Å². The van der Waals surface area contributed by atoms with E-state index in [2.05, 4.69) is 25.7 Å². The maximum Gasteiger partial charge on any atom is 0.225 e. The maximum absolute atomic E-state index is 6.12. The molecule has 2 aromatic heterocycles. The molecule has 0 atom stereocenters. The molecular formula is C23H31N7O2. The SMILES string of the molecule is COc1cc2c(Nc3cc(C)[nH]n3)nc(NC3CC3)nc2cc1OCCCN1CCCC1. The molecule has 1 saturated heterocycles. The van der Waals surface area contributed by atoms with Gasteiger partial charge in [-0.15, -0.1) is 0 Å². The van der Waals surface area contributed by atoms with Gasteiger partial charge in [-0.3, -0.25) is 5.10 Å². The standard InChI is InChI=1S/C23H31N7O2/c1-15-12-21(29-28-15)26-22-17-13-19(31-2)20(32-11-5-10-30-8-3-4-9-30)14-18(17)25-23(27-22)24-16-6-7-16/h12-14,16H,3-11H2,1-2H3,(H3,24,25,26,27,28,29). The van der Waals surface area contributed by atoms with Crippen LogP contribution in [0.25, 0.3) is 10.9 Å². The van der Waals surface area contributed by atoms with E-state index in [-0.39, 0.29) is 0 Å². The Balaban J connectivity index is 1.40. The summed E-state index contributed by atoms with van der Waals surface area (Å²) in [5, 5.41) is 14.8. The molecule has 3 aromatic rings. The molecule has 0 unspecified atom stereocenters. The summed E-state index contributed by atoms with van der Waals surface area (Å²) in [6.45, 7) is 6.10. The largest absolute Gasteiger partial charge is 0.493 e. The van der Waals surface area contributed by atoms with E-state index >= 15 is 0 Å². The maximum atomic E-state index is 6.12. The number of benzene rings is 1. The molecule has 1 aromatic carbocycles. The lowest BCUT2D eigenvalue weighted by Crippen LogP contribution is -2.21. The van der Waals surface area contributed by atoms with Crippen molar-refractivity contribution in [3.8, 4) is 11.5 Å². The quantitative estimate of drug-likeness (QED) is 0.411. The molecule has 1 aliphatic carbocycles. The Kier molecular flexibility index (Phi) is 5.98. The molecule has 2 fully saturated rings. The molecule has 3 N–H and O–H groups in total. The number of likely N-dealkylation sites (tertiary alicyclic amines) is 1. The number of nitrogens with zero attached hydrogens (tertiary/aromatic N) is 4. The molecule has 3 heterocycles. The third kappa shape index (κ3) is 4.88. The summed E-state index contributed by atoms with van der Waals surface area (Å²) in [5.41, 5.74) is 1.78. The van der Waals surface area contributed by atoms with Crippen LogP contribution in [0.1, 0.15) is 37.8 Å². The summed E-state index contributed by atoms with van der Waals surface area (Å²) in [6, 6.07) is 6.28. The van der Waals surface area contributed by atoms with Gasteiger partial charge < -0.3 is 25.0 Å². The molecule has 170 valence electrons. The fourth-order valence-electron chi connectivity index (χ4n) is 4.06. The van der Waals surface area contributed by atoms with Crippen LogP contribution in [0.3, 0.4) is 0 Å². The van der Waals surface area contributed by atoms with Gasteiger partial charge in [0.1, 0.15) is 5.82 Å². The highest BCUT2D eigenvalue weighted by Gasteiger charge is 2.23. The number of aromatic amines is 1. The Morgan fingerprint density at radius 1 is 1.12 bits per heavy atom. The van der Waals surface area contributed by atoms with Crippen LogP contribution in [0.4, 0.5) is 17.6 Å². The molecule has 0 spiro atoms. The zero-order valence-corrected chi connectivity index (χ0v) is 18.8. The van der Waals surface area contributed by atoms with Crippen molar-refractivity contribution in [2.75, 3.05) is 44.0 Å². The van der Waals surface area contributed by atoms with Gasteiger partial charge in [0.2, 0.25) is 5.95 Å². The zero-order chi connectivity index (χ0) is 21.9. The van der Waals surface area contributed by atoms with Crippen LogP contribution < -0.4 is 20.1 Å². The summed E-state index contributed by atoms with van der Waals surface area (Å²) < 4.78 is 11.8. The summed E-state index contributed by atoms with van der Waals surface area (Å²) >= 11 is 0. The predicted molar refractivity (Wildman–Crippen MR) is 125 cm³/mol. The first-order chi connectivity index (χ1) is 15.7. The molecule has 5 rings (SSSR count). The average molecular weight is 438 g/mol. The van der Waals surface area contributed by atoms with Crippen LogP contribution in [0.5, 0.6) is 11.5 Å². The van der Waals surface area contributed by atoms with Crippen molar-refractivity contribution >= 4 is 28.5 Å². The molecule has 0 amide bonds. The molecule has 32 heavy (non-hydrogen) atoms. The lowest BCUT2D eigenvalue weighted by molar-refractivity contribution is 0.254. The van der Waals surface area contributed by atoms with Crippen molar-refractivity contribution in [1.29, 1.82) is 0 Å². The van der Waals surface area contributed by atoms with Gasteiger partial charge in [-0.1, -0.05) is 0 Å². The van der Waals surface area contributed by atoms with Crippen molar-refractivity contribution in [3.63, 3.8) is 0 Å². The highest BCUT2D eigenvalue weighted by Crippen LogP contribution is 2.36. The number of H-pyrrole nitrogens is 1. The van der Waals surface area contributed by atoms with E-state index in [1.54, 1.807) is 7.11 Å². The van der Waals surface area contributed by atoms with Gasteiger partial charge in [0.25, 0.3) is 0 Å². The first-order valence-corrected chi connectivity index (χ1v) is 11.5. The number of aromatic nitrogens is 4. The Bertz CT molecular complexity index is 1070. The Morgan fingerprint density at radius 2 is 1.97 bits per heavy atom. The van der Waals surface area contributed by atoms with Gasteiger partial charge in [-0.25, -0.2) is 4.98 Å². The first-order valence-electron chi connectivity index (χ1n) is 11.5. The molecule has 9 heteroatoms. The van der Waals surface area contributed by atoms with Gasteiger partial charge in [0, 0.05) is 35.8 Å². The third-order valence-corrected chi connectivity index (χ3v) is 5.92.